The maximum absolute atomic E-state index is 12.0. The number of halogens is 1. The number of ether oxygens (including phenoxy) is 2. The van der Waals surface area contributed by atoms with Crippen molar-refractivity contribution in [3.63, 3.8) is 0 Å². The zero-order valence-corrected chi connectivity index (χ0v) is 14.5. The summed E-state index contributed by atoms with van der Waals surface area (Å²) >= 11 is 2.02. The SMILES string of the molecule is CC(C)(C)OC(=O)NC(CI)C(=O)OCc1ccccc1. The van der Waals surface area contributed by atoms with Crippen LogP contribution < -0.4 is 5.32 Å². The molecule has 1 N–H and O–H groups in total. The van der Waals surface area contributed by atoms with E-state index in [0.29, 0.717) is 4.43 Å². The molecule has 1 atom stereocenters. The van der Waals surface area contributed by atoms with Crippen LogP contribution in [0.2, 0.25) is 0 Å². The second-order valence-electron chi connectivity index (χ2n) is 5.45. The van der Waals surface area contributed by atoms with Gasteiger partial charge < -0.3 is 14.8 Å². The molecule has 0 aliphatic rings. The van der Waals surface area contributed by atoms with Gasteiger partial charge in [-0.3, -0.25) is 0 Å². The molecular weight excluding hydrogens is 385 g/mol. The zero-order chi connectivity index (χ0) is 15.9. The van der Waals surface area contributed by atoms with Gasteiger partial charge in [0.1, 0.15) is 18.2 Å². The summed E-state index contributed by atoms with van der Waals surface area (Å²) in [6, 6.07) is 8.66. The predicted octanol–water partition coefficient (Wildman–Crippen LogP) is 3.06. The van der Waals surface area contributed by atoms with E-state index < -0.39 is 23.7 Å². The molecule has 1 unspecified atom stereocenters. The summed E-state index contributed by atoms with van der Waals surface area (Å²) in [7, 11) is 0. The Morgan fingerprint density at radius 1 is 1.24 bits per heavy atom. The number of rotatable bonds is 5. The summed E-state index contributed by atoms with van der Waals surface area (Å²) in [6.07, 6.45) is -0.624. The Bertz CT molecular complexity index is 470. The van der Waals surface area contributed by atoms with Gasteiger partial charge in [0, 0.05) is 4.43 Å². The van der Waals surface area contributed by atoms with Crippen LogP contribution in [-0.2, 0) is 20.9 Å². The van der Waals surface area contributed by atoms with Gasteiger partial charge in [0.25, 0.3) is 0 Å². The molecule has 5 nitrogen and oxygen atoms in total. The van der Waals surface area contributed by atoms with Crippen LogP contribution in [0.25, 0.3) is 0 Å². The highest BCUT2D eigenvalue weighted by Crippen LogP contribution is 2.08. The van der Waals surface area contributed by atoms with Crippen molar-refractivity contribution in [2.24, 2.45) is 0 Å². The highest BCUT2D eigenvalue weighted by molar-refractivity contribution is 14.1. The lowest BCUT2D eigenvalue weighted by molar-refractivity contribution is -0.146. The topological polar surface area (TPSA) is 64.6 Å². The van der Waals surface area contributed by atoms with Crippen molar-refractivity contribution in [3.05, 3.63) is 35.9 Å². The maximum Gasteiger partial charge on any atom is 0.408 e. The monoisotopic (exact) mass is 405 g/mol. The van der Waals surface area contributed by atoms with Crippen molar-refractivity contribution in [1.82, 2.24) is 5.32 Å². The fraction of sp³-hybridized carbons (Fsp3) is 0.467. The largest absolute Gasteiger partial charge is 0.459 e. The third-order valence-corrected chi connectivity index (χ3v) is 3.23. The molecule has 0 saturated carbocycles. The fourth-order valence-electron chi connectivity index (χ4n) is 1.44. The van der Waals surface area contributed by atoms with Crippen molar-refractivity contribution >= 4 is 34.7 Å². The second-order valence-corrected chi connectivity index (χ2v) is 6.33. The third-order valence-electron chi connectivity index (χ3n) is 2.35. The number of hydrogen-bond donors (Lipinski definition) is 1. The molecule has 0 aliphatic carbocycles. The predicted molar refractivity (Wildman–Crippen MR) is 88.3 cm³/mol. The van der Waals surface area contributed by atoms with Gasteiger partial charge in [-0.05, 0) is 26.3 Å². The molecule has 1 amide bonds. The highest BCUT2D eigenvalue weighted by atomic mass is 127. The number of alkyl halides is 1. The zero-order valence-electron chi connectivity index (χ0n) is 12.4. The van der Waals surface area contributed by atoms with E-state index in [-0.39, 0.29) is 6.61 Å². The van der Waals surface area contributed by atoms with Crippen LogP contribution in [0.4, 0.5) is 4.79 Å². The molecule has 0 aromatic heterocycles. The molecule has 0 bridgehead atoms. The lowest BCUT2D eigenvalue weighted by Crippen LogP contribution is -2.45. The van der Waals surface area contributed by atoms with Crippen LogP contribution in [0.1, 0.15) is 26.3 Å². The smallest absolute Gasteiger partial charge is 0.408 e. The van der Waals surface area contributed by atoms with Gasteiger partial charge in [0.2, 0.25) is 0 Å². The Morgan fingerprint density at radius 2 is 1.86 bits per heavy atom. The first-order chi connectivity index (χ1) is 9.81. The molecule has 6 heteroatoms. The van der Waals surface area contributed by atoms with Crippen molar-refractivity contribution < 1.29 is 19.1 Å². The Hall–Kier alpha value is -1.31. The van der Waals surface area contributed by atoms with Crippen LogP contribution in [0.3, 0.4) is 0 Å². The molecule has 0 heterocycles. The molecule has 0 spiro atoms. The summed E-state index contributed by atoms with van der Waals surface area (Å²) < 4.78 is 10.7. The van der Waals surface area contributed by atoms with Gasteiger partial charge in [-0.1, -0.05) is 52.9 Å². The standard InChI is InChI=1S/C15H20INO4/c1-15(2,3)21-14(19)17-12(9-16)13(18)20-10-11-7-5-4-6-8-11/h4-8,12H,9-10H2,1-3H3,(H,17,19). The van der Waals surface area contributed by atoms with E-state index in [2.05, 4.69) is 5.32 Å². The van der Waals surface area contributed by atoms with Crippen LogP contribution in [0.15, 0.2) is 30.3 Å². The molecule has 1 rings (SSSR count). The second kappa shape index (κ2) is 8.21. The van der Waals surface area contributed by atoms with Gasteiger partial charge in [-0.25, -0.2) is 9.59 Å². The fourth-order valence-corrected chi connectivity index (χ4v) is 2.02. The molecule has 21 heavy (non-hydrogen) atoms. The van der Waals surface area contributed by atoms with Gasteiger partial charge in [0.05, 0.1) is 0 Å². The lowest BCUT2D eigenvalue weighted by atomic mass is 10.2. The quantitative estimate of drug-likeness (QED) is 0.465. The Kier molecular flexibility index (Phi) is 6.94. The number of benzene rings is 1. The van der Waals surface area contributed by atoms with Crippen molar-refractivity contribution in [2.45, 2.75) is 39.0 Å². The van der Waals surface area contributed by atoms with E-state index in [1.54, 1.807) is 20.8 Å². The van der Waals surface area contributed by atoms with Crippen molar-refractivity contribution in [1.29, 1.82) is 0 Å². The first-order valence-corrected chi connectivity index (χ1v) is 8.10. The number of hydrogen-bond acceptors (Lipinski definition) is 4. The molecule has 0 fully saturated rings. The first-order valence-electron chi connectivity index (χ1n) is 6.58. The third kappa shape index (κ3) is 7.31. The van der Waals surface area contributed by atoms with Crippen LogP contribution >= 0.6 is 22.6 Å². The Morgan fingerprint density at radius 3 is 2.38 bits per heavy atom. The van der Waals surface area contributed by atoms with Crippen LogP contribution in [-0.4, -0.2) is 28.1 Å². The number of nitrogens with one attached hydrogen (secondary N) is 1. The van der Waals surface area contributed by atoms with Gasteiger partial charge in [-0.2, -0.15) is 0 Å². The lowest BCUT2D eigenvalue weighted by Gasteiger charge is -2.22. The summed E-state index contributed by atoms with van der Waals surface area (Å²) in [6.45, 7) is 5.47. The molecular formula is C15H20INO4. The van der Waals surface area contributed by atoms with Crippen molar-refractivity contribution in [3.8, 4) is 0 Å². The number of amides is 1. The number of carbonyl (C=O) groups excluding carboxylic acids is 2. The molecule has 116 valence electrons. The maximum atomic E-state index is 12.0. The molecule has 1 aromatic rings. The normalized spacial score (nSPS) is 12.4. The minimum Gasteiger partial charge on any atom is -0.459 e. The Labute approximate surface area is 138 Å². The molecule has 0 radical (unpaired) electrons. The average molecular weight is 405 g/mol. The van der Waals surface area contributed by atoms with Gasteiger partial charge in [0.15, 0.2) is 0 Å². The van der Waals surface area contributed by atoms with E-state index in [9.17, 15) is 9.59 Å². The minimum atomic E-state index is -0.718. The van der Waals surface area contributed by atoms with Gasteiger partial charge >= 0.3 is 12.1 Å². The first kappa shape index (κ1) is 17.7. The van der Waals surface area contributed by atoms with Crippen LogP contribution in [0, 0.1) is 0 Å². The van der Waals surface area contributed by atoms with E-state index in [4.69, 9.17) is 9.47 Å². The minimum absolute atomic E-state index is 0.183. The van der Waals surface area contributed by atoms with E-state index in [0.717, 1.165) is 5.56 Å². The number of carbonyl (C=O) groups is 2. The summed E-state index contributed by atoms with van der Waals surface area (Å²) in [5, 5.41) is 2.52. The molecule has 0 aliphatic heterocycles. The molecule has 0 saturated heterocycles. The summed E-state index contributed by atoms with van der Waals surface area (Å²) in [4.78, 5) is 23.6. The van der Waals surface area contributed by atoms with E-state index in [1.165, 1.54) is 0 Å². The van der Waals surface area contributed by atoms with Crippen molar-refractivity contribution in [2.75, 3.05) is 4.43 Å². The van der Waals surface area contributed by atoms with Crippen LogP contribution in [0.5, 0.6) is 0 Å². The highest BCUT2D eigenvalue weighted by Gasteiger charge is 2.24. The summed E-state index contributed by atoms with van der Waals surface area (Å²) in [5.41, 5.74) is 0.295. The average Bonchev–Trinajstić information content (AvgIpc) is 2.41. The summed E-state index contributed by atoms with van der Waals surface area (Å²) in [5.74, 6) is -0.473. The number of esters is 1. The molecule has 1 aromatic carbocycles. The van der Waals surface area contributed by atoms with E-state index >= 15 is 0 Å². The van der Waals surface area contributed by atoms with E-state index in [1.807, 2.05) is 52.9 Å². The Balaban J connectivity index is 2.48. The number of alkyl carbamates (subject to hydrolysis) is 1. The van der Waals surface area contributed by atoms with Gasteiger partial charge in [-0.15, -0.1) is 0 Å².